The van der Waals surface area contributed by atoms with Gasteiger partial charge >= 0.3 is 0 Å². The number of ether oxygens (including phenoxy) is 1. The maximum absolute atomic E-state index is 12.7. The molecular formula is C19H23N3O4S2. The summed E-state index contributed by atoms with van der Waals surface area (Å²) in [7, 11) is -1.96. The predicted octanol–water partition coefficient (Wildman–Crippen LogP) is 2.67. The lowest BCUT2D eigenvalue weighted by atomic mass is 10.2. The summed E-state index contributed by atoms with van der Waals surface area (Å²) in [6, 6.07) is 11.7. The van der Waals surface area contributed by atoms with E-state index in [1.165, 1.54) is 22.5 Å². The quantitative estimate of drug-likeness (QED) is 0.488. The standard InChI is InChI=1S/C19H23N3O4S2/c1-26-15-6-4-14(5-7-15)13-20-19(27)21-17-12-16(8-9-18(17)23)28(24,25)22-10-2-3-11-22/h4-9,12,23H,2-3,10-11,13H2,1H3,(H2,20,21,27). The van der Waals surface area contributed by atoms with Gasteiger partial charge in [0.25, 0.3) is 0 Å². The number of anilines is 1. The topological polar surface area (TPSA) is 90.9 Å². The fourth-order valence-electron chi connectivity index (χ4n) is 2.95. The predicted molar refractivity (Wildman–Crippen MR) is 112 cm³/mol. The van der Waals surface area contributed by atoms with Crippen molar-refractivity contribution in [3.63, 3.8) is 0 Å². The van der Waals surface area contributed by atoms with E-state index in [-0.39, 0.29) is 21.4 Å². The smallest absolute Gasteiger partial charge is 0.243 e. The Kier molecular flexibility index (Phi) is 6.38. The van der Waals surface area contributed by atoms with E-state index in [0.717, 1.165) is 24.2 Å². The average molecular weight is 422 g/mol. The number of phenolic OH excluding ortho intramolecular Hbond substituents is 1. The van der Waals surface area contributed by atoms with E-state index in [1.807, 2.05) is 24.3 Å². The molecular weight excluding hydrogens is 398 g/mol. The van der Waals surface area contributed by atoms with Crippen molar-refractivity contribution in [3.8, 4) is 11.5 Å². The molecule has 0 atom stereocenters. The third kappa shape index (κ3) is 4.73. The SMILES string of the molecule is COc1ccc(CNC(=S)Nc2cc(S(=O)(=O)N3CCCC3)ccc2O)cc1. The molecule has 0 amide bonds. The van der Waals surface area contributed by atoms with E-state index >= 15 is 0 Å². The van der Waals surface area contributed by atoms with Crippen molar-refractivity contribution in [1.82, 2.24) is 9.62 Å². The van der Waals surface area contributed by atoms with Gasteiger partial charge in [0.2, 0.25) is 10.0 Å². The van der Waals surface area contributed by atoms with Gasteiger partial charge in [0, 0.05) is 19.6 Å². The number of nitrogens with zero attached hydrogens (tertiary/aromatic N) is 1. The monoisotopic (exact) mass is 421 g/mol. The van der Waals surface area contributed by atoms with Gasteiger partial charge in [-0.3, -0.25) is 0 Å². The fourth-order valence-corrected chi connectivity index (χ4v) is 4.67. The van der Waals surface area contributed by atoms with Gasteiger partial charge < -0.3 is 20.5 Å². The van der Waals surface area contributed by atoms with Gasteiger partial charge in [0.15, 0.2) is 5.11 Å². The molecule has 3 N–H and O–H groups in total. The Bertz CT molecular complexity index is 940. The molecule has 1 aliphatic rings. The second-order valence-corrected chi connectivity index (χ2v) is 8.79. The Morgan fingerprint density at radius 2 is 1.86 bits per heavy atom. The summed E-state index contributed by atoms with van der Waals surface area (Å²) in [4.78, 5) is 0.132. The second kappa shape index (κ2) is 8.76. The van der Waals surface area contributed by atoms with Crippen LogP contribution in [0, 0.1) is 0 Å². The Hall–Kier alpha value is -2.36. The Balaban J connectivity index is 1.66. The molecule has 0 aromatic heterocycles. The van der Waals surface area contributed by atoms with Gasteiger partial charge in [-0.05, 0) is 61.0 Å². The Morgan fingerprint density at radius 3 is 2.50 bits per heavy atom. The number of phenols is 1. The van der Waals surface area contributed by atoms with Gasteiger partial charge in [0.05, 0.1) is 17.7 Å². The normalized spacial score (nSPS) is 14.6. The lowest BCUT2D eigenvalue weighted by Gasteiger charge is -2.17. The first-order valence-electron chi connectivity index (χ1n) is 8.91. The molecule has 0 bridgehead atoms. The van der Waals surface area contributed by atoms with Gasteiger partial charge in [-0.15, -0.1) is 0 Å². The molecule has 0 unspecified atom stereocenters. The van der Waals surface area contributed by atoms with E-state index in [1.54, 1.807) is 7.11 Å². The number of benzene rings is 2. The van der Waals surface area contributed by atoms with Gasteiger partial charge in [-0.2, -0.15) is 4.31 Å². The number of hydrogen-bond donors (Lipinski definition) is 3. The molecule has 1 saturated heterocycles. The zero-order valence-corrected chi connectivity index (χ0v) is 17.1. The first-order chi connectivity index (χ1) is 13.4. The van der Waals surface area contributed by atoms with Gasteiger partial charge in [-0.25, -0.2) is 8.42 Å². The van der Waals surface area contributed by atoms with Crippen molar-refractivity contribution in [2.24, 2.45) is 0 Å². The zero-order chi connectivity index (χ0) is 20.1. The third-order valence-corrected chi connectivity index (χ3v) is 6.67. The van der Waals surface area contributed by atoms with E-state index in [9.17, 15) is 13.5 Å². The summed E-state index contributed by atoms with van der Waals surface area (Å²) >= 11 is 5.27. The molecule has 1 aliphatic heterocycles. The molecule has 2 aromatic carbocycles. The van der Waals surface area contributed by atoms with Crippen LogP contribution >= 0.6 is 12.2 Å². The molecule has 0 radical (unpaired) electrons. The molecule has 9 heteroatoms. The molecule has 28 heavy (non-hydrogen) atoms. The van der Waals surface area contributed by atoms with Crippen molar-refractivity contribution >= 4 is 33.0 Å². The van der Waals surface area contributed by atoms with Crippen molar-refractivity contribution in [3.05, 3.63) is 48.0 Å². The number of aromatic hydroxyl groups is 1. The van der Waals surface area contributed by atoms with Crippen LogP contribution in [0.15, 0.2) is 47.4 Å². The molecule has 7 nitrogen and oxygen atoms in total. The van der Waals surface area contributed by atoms with Crippen LogP contribution in [0.2, 0.25) is 0 Å². The van der Waals surface area contributed by atoms with Crippen LogP contribution in [0.25, 0.3) is 0 Å². The summed E-state index contributed by atoms with van der Waals surface area (Å²) in [5, 5.41) is 16.3. The zero-order valence-electron chi connectivity index (χ0n) is 15.5. The molecule has 3 rings (SSSR count). The van der Waals surface area contributed by atoms with E-state index in [2.05, 4.69) is 10.6 Å². The molecule has 1 heterocycles. The molecule has 0 aliphatic carbocycles. The van der Waals surface area contributed by atoms with E-state index in [0.29, 0.717) is 19.6 Å². The van der Waals surface area contributed by atoms with E-state index in [4.69, 9.17) is 17.0 Å². The van der Waals surface area contributed by atoms with Crippen LogP contribution in [0.5, 0.6) is 11.5 Å². The number of nitrogens with one attached hydrogen (secondary N) is 2. The summed E-state index contributed by atoms with van der Waals surface area (Å²) < 4.78 is 32.0. The molecule has 2 aromatic rings. The summed E-state index contributed by atoms with van der Waals surface area (Å²) in [6.45, 7) is 1.52. The van der Waals surface area contributed by atoms with Crippen LogP contribution in [0.3, 0.4) is 0 Å². The van der Waals surface area contributed by atoms with Crippen LogP contribution in [-0.2, 0) is 16.6 Å². The van der Waals surface area contributed by atoms with Crippen molar-refractivity contribution in [1.29, 1.82) is 0 Å². The molecule has 150 valence electrons. The summed E-state index contributed by atoms with van der Waals surface area (Å²) in [5.74, 6) is 0.694. The first-order valence-corrected chi connectivity index (χ1v) is 10.8. The number of sulfonamides is 1. The fraction of sp³-hybridized carbons (Fsp3) is 0.316. The largest absolute Gasteiger partial charge is 0.506 e. The highest BCUT2D eigenvalue weighted by molar-refractivity contribution is 7.89. The maximum Gasteiger partial charge on any atom is 0.243 e. The third-order valence-electron chi connectivity index (χ3n) is 4.53. The molecule has 1 fully saturated rings. The lowest BCUT2D eigenvalue weighted by molar-refractivity contribution is 0.414. The molecule has 0 saturated carbocycles. The lowest BCUT2D eigenvalue weighted by Crippen LogP contribution is -2.29. The van der Waals surface area contributed by atoms with Crippen LogP contribution in [0.4, 0.5) is 5.69 Å². The summed E-state index contributed by atoms with van der Waals surface area (Å²) in [6.07, 6.45) is 1.73. The van der Waals surface area contributed by atoms with Gasteiger partial charge in [-0.1, -0.05) is 12.1 Å². The number of thiocarbonyl (C=S) groups is 1. The minimum atomic E-state index is -3.57. The van der Waals surface area contributed by atoms with Crippen LogP contribution in [0.1, 0.15) is 18.4 Å². The highest BCUT2D eigenvalue weighted by Gasteiger charge is 2.27. The number of hydrogen-bond acceptors (Lipinski definition) is 5. The van der Waals surface area contributed by atoms with Crippen molar-refractivity contribution in [2.45, 2.75) is 24.3 Å². The van der Waals surface area contributed by atoms with Crippen LogP contribution < -0.4 is 15.4 Å². The van der Waals surface area contributed by atoms with E-state index < -0.39 is 10.0 Å². The van der Waals surface area contributed by atoms with Crippen molar-refractivity contribution < 1.29 is 18.3 Å². The Morgan fingerprint density at radius 1 is 1.18 bits per heavy atom. The average Bonchev–Trinajstić information content (AvgIpc) is 3.24. The van der Waals surface area contributed by atoms with Crippen LogP contribution in [-0.4, -0.2) is 43.1 Å². The highest BCUT2D eigenvalue weighted by atomic mass is 32.2. The Labute approximate surface area is 170 Å². The number of methoxy groups -OCH3 is 1. The van der Waals surface area contributed by atoms with Crippen molar-refractivity contribution in [2.75, 3.05) is 25.5 Å². The minimum absolute atomic E-state index is 0.0750. The summed E-state index contributed by atoms with van der Waals surface area (Å²) in [5.41, 5.74) is 1.24. The number of rotatable bonds is 6. The minimum Gasteiger partial charge on any atom is -0.506 e. The molecule has 0 spiro atoms. The highest BCUT2D eigenvalue weighted by Crippen LogP contribution is 2.29. The maximum atomic E-state index is 12.7. The van der Waals surface area contributed by atoms with Gasteiger partial charge in [0.1, 0.15) is 11.5 Å². The first kappa shape index (κ1) is 20.4. The second-order valence-electron chi connectivity index (χ2n) is 6.45.